The fourth-order valence-electron chi connectivity index (χ4n) is 5.24. The quantitative estimate of drug-likeness (QED) is 0.434. The number of hydrogen-bond acceptors (Lipinski definition) is 6. The molecule has 216 valence electrons. The van der Waals surface area contributed by atoms with E-state index in [0.717, 1.165) is 31.2 Å². The van der Waals surface area contributed by atoms with Crippen LogP contribution in [0.3, 0.4) is 0 Å². The van der Waals surface area contributed by atoms with Gasteiger partial charge in [0.1, 0.15) is 16.4 Å². The first-order chi connectivity index (χ1) is 19.9. The Morgan fingerprint density at radius 2 is 1.66 bits per heavy atom. The summed E-state index contributed by atoms with van der Waals surface area (Å²) in [5, 5.41) is 2.91. The first kappa shape index (κ1) is 28.6. The van der Waals surface area contributed by atoms with Gasteiger partial charge in [-0.15, -0.1) is 0 Å². The summed E-state index contributed by atoms with van der Waals surface area (Å²) in [7, 11) is -2.47. The van der Waals surface area contributed by atoms with Crippen LogP contribution < -0.4 is 19.7 Å². The van der Waals surface area contributed by atoms with Crippen molar-refractivity contribution in [3.63, 3.8) is 0 Å². The van der Waals surface area contributed by atoms with Crippen LogP contribution in [0.25, 0.3) is 0 Å². The summed E-state index contributed by atoms with van der Waals surface area (Å²) < 4.78 is 40.2. The van der Waals surface area contributed by atoms with Gasteiger partial charge >= 0.3 is 0 Å². The van der Waals surface area contributed by atoms with E-state index in [9.17, 15) is 18.0 Å². The zero-order chi connectivity index (χ0) is 28.8. The second-order valence-electron chi connectivity index (χ2n) is 10.2. The van der Waals surface area contributed by atoms with E-state index in [2.05, 4.69) is 5.32 Å². The van der Waals surface area contributed by atoms with Gasteiger partial charge in [0, 0.05) is 25.2 Å². The van der Waals surface area contributed by atoms with Crippen molar-refractivity contribution in [2.45, 2.75) is 43.1 Å². The molecule has 9 nitrogen and oxygen atoms in total. The Balaban J connectivity index is 1.39. The minimum Gasteiger partial charge on any atom is -0.495 e. The van der Waals surface area contributed by atoms with Crippen molar-refractivity contribution in [2.75, 3.05) is 38.2 Å². The van der Waals surface area contributed by atoms with E-state index in [4.69, 9.17) is 9.47 Å². The minimum atomic E-state index is -3.88. The third-order valence-corrected chi connectivity index (χ3v) is 9.38. The SMILES string of the molecule is COc1ccc(C(=O)N2C[C@@H](C(=O)NCCc3ccccc3)Oc3ccccc32)cc1S(=O)(=O)N1CCCCCC1. The predicted octanol–water partition coefficient (Wildman–Crippen LogP) is 4.03. The predicted molar refractivity (Wildman–Crippen MR) is 156 cm³/mol. The number of ether oxygens (including phenoxy) is 2. The number of rotatable bonds is 8. The number of benzene rings is 3. The first-order valence-electron chi connectivity index (χ1n) is 14.0. The van der Waals surface area contributed by atoms with Crippen molar-refractivity contribution in [3.8, 4) is 11.5 Å². The highest BCUT2D eigenvalue weighted by Crippen LogP contribution is 2.35. The molecule has 1 saturated heterocycles. The van der Waals surface area contributed by atoms with Crippen molar-refractivity contribution in [1.82, 2.24) is 9.62 Å². The highest BCUT2D eigenvalue weighted by molar-refractivity contribution is 7.89. The molecular weight excluding hydrogens is 542 g/mol. The molecule has 1 atom stereocenters. The van der Waals surface area contributed by atoms with E-state index >= 15 is 0 Å². The van der Waals surface area contributed by atoms with E-state index < -0.39 is 22.0 Å². The van der Waals surface area contributed by atoms with Crippen LogP contribution in [-0.4, -0.2) is 63.9 Å². The van der Waals surface area contributed by atoms with Crippen LogP contribution in [0.4, 0.5) is 5.69 Å². The van der Waals surface area contributed by atoms with Crippen LogP contribution in [0.15, 0.2) is 77.7 Å². The molecule has 0 spiro atoms. The Hall–Kier alpha value is -3.89. The lowest BCUT2D eigenvalue weighted by Gasteiger charge is -2.34. The maximum Gasteiger partial charge on any atom is 0.262 e. The molecule has 0 saturated carbocycles. The molecule has 2 amide bonds. The lowest BCUT2D eigenvalue weighted by Crippen LogP contribution is -2.51. The maximum absolute atomic E-state index is 13.9. The van der Waals surface area contributed by atoms with Crippen LogP contribution in [-0.2, 0) is 21.2 Å². The smallest absolute Gasteiger partial charge is 0.262 e. The Kier molecular flexibility index (Phi) is 8.90. The van der Waals surface area contributed by atoms with E-state index in [0.29, 0.717) is 37.5 Å². The van der Waals surface area contributed by atoms with Crippen LogP contribution in [0.2, 0.25) is 0 Å². The molecule has 2 heterocycles. The van der Waals surface area contributed by atoms with E-state index in [1.807, 2.05) is 30.3 Å². The van der Waals surface area contributed by atoms with Crippen molar-refractivity contribution >= 4 is 27.5 Å². The molecule has 0 bridgehead atoms. The molecule has 3 aromatic rings. The van der Waals surface area contributed by atoms with E-state index in [-0.39, 0.29) is 28.7 Å². The first-order valence-corrected chi connectivity index (χ1v) is 15.4. The Labute approximate surface area is 241 Å². The zero-order valence-corrected chi connectivity index (χ0v) is 23.9. The second kappa shape index (κ2) is 12.7. The largest absolute Gasteiger partial charge is 0.495 e. The minimum absolute atomic E-state index is 0.0206. The molecule has 0 aromatic heterocycles. The van der Waals surface area contributed by atoms with Crippen molar-refractivity contribution in [3.05, 3.63) is 83.9 Å². The average Bonchev–Trinajstić information content (AvgIpc) is 3.31. The maximum atomic E-state index is 13.9. The van der Waals surface area contributed by atoms with Gasteiger partial charge in [-0.05, 0) is 55.2 Å². The summed E-state index contributed by atoms with van der Waals surface area (Å²) in [5.74, 6) is -0.171. The summed E-state index contributed by atoms with van der Waals surface area (Å²) >= 11 is 0. The molecule has 1 fully saturated rings. The van der Waals surface area contributed by atoms with Crippen molar-refractivity contribution in [1.29, 1.82) is 0 Å². The number of para-hydroxylation sites is 2. The number of carbonyl (C=O) groups excluding carboxylic acids is 2. The molecule has 1 N–H and O–H groups in total. The van der Waals surface area contributed by atoms with Gasteiger partial charge in [0.2, 0.25) is 10.0 Å². The number of nitrogens with zero attached hydrogens (tertiary/aromatic N) is 2. The number of nitrogens with one attached hydrogen (secondary N) is 1. The Bertz CT molecular complexity index is 1490. The molecule has 0 aliphatic carbocycles. The summed E-state index contributed by atoms with van der Waals surface area (Å²) in [5.41, 5.74) is 1.79. The van der Waals surface area contributed by atoms with Gasteiger partial charge in [0.05, 0.1) is 19.3 Å². The number of hydrogen-bond donors (Lipinski definition) is 1. The topological polar surface area (TPSA) is 105 Å². The number of fused-ring (bicyclic) bond motifs is 1. The van der Waals surface area contributed by atoms with Crippen molar-refractivity contribution < 1.29 is 27.5 Å². The van der Waals surface area contributed by atoms with E-state index in [1.165, 1.54) is 28.4 Å². The average molecular weight is 578 g/mol. The number of anilines is 1. The van der Waals surface area contributed by atoms with Crippen LogP contribution in [0, 0.1) is 0 Å². The van der Waals surface area contributed by atoms with Crippen LogP contribution in [0.5, 0.6) is 11.5 Å². The van der Waals surface area contributed by atoms with Gasteiger partial charge in [-0.3, -0.25) is 9.59 Å². The molecule has 0 unspecified atom stereocenters. The second-order valence-corrected chi connectivity index (χ2v) is 12.1. The molecule has 3 aromatic carbocycles. The third kappa shape index (κ3) is 6.39. The number of methoxy groups -OCH3 is 1. The third-order valence-electron chi connectivity index (χ3n) is 7.46. The monoisotopic (exact) mass is 577 g/mol. The standard InChI is InChI=1S/C31H35N3O6S/c1-39-27-16-15-24(21-29(27)41(37,38)33-19-9-2-3-10-20-33)31(36)34-22-28(40-26-14-8-7-13-25(26)34)30(35)32-18-17-23-11-5-4-6-12-23/h4-8,11-16,21,28H,2-3,9-10,17-20,22H2,1H3,(H,32,35)/t28-/m0/s1. The summed E-state index contributed by atoms with van der Waals surface area (Å²) in [4.78, 5) is 28.5. The molecule has 10 heteroatoms. The van der Waals surface area contributed by atoms with Crippen LogP contribution >= 0.6 is 0 Å². The lowest BCUT2D eigenvalue weighted by molar-refractivity contribution is -0.127. The summed E-state index contributed by atoms with van der Waals surface area (Å²) in [6.07, 6.45) is 3.29. The van der Waals surface area contributed by atoms with Crippen molar-refractivity contribution in [2.24, 2.45) is 0 Å². The lowest BCUT2D eigenvalue weighted by atomic mass is 10.1. The fraction of sp³-hybridized carbons (Fsp3) is 0.355. The normalized spacial score (nSPS) is 17.6. The van der Waals surface area contributed by atoms with Gasteiger partial charge in [0.25, 0.3) is 11.8 Å². The number of carbonyl (C=O) groups is 2. The Morgan fingerprint density at radius 1 is 0.951 bits per heavy atom. The van der Waals surface area contributed by atoms with E-state index in [1.54, 1.807) is 30.3 Å². The summed E-state index contributed by atoms with van der Waals surface area (Å²) in [6, 6.07) is 21.3. The molecule has 2 aliphatic heterocycles. The fourth-order valence-corrected chi connectivity index (χ4v) is 6.94. The summed E-state index contributed by atoms with van der Waals surface area (Å²) in [6.45, 7) is 1.27. The Morgan fingerprint density at radius 3 is 2.39 bits per heavy atom. The molecular formula is C31H35N3O6S. The van der Waals surface area contributed by atoms with Gasteiger partial charge in [-0.1, -0.05) is 55.3 Å². The number of sulfonamides is 1. The highest BCUT2D eigenvalue weighted by Gasteiger charge is 2.35. The molecule has 0 radical (unpaired) electrons. The molecule has 41 heavy (non-hydrogen) atoms. The van der Waals surface area contributed by atoms with Gasteiger partial charge in [-0.25, -0.2) is 8.42 Å². The molecule has 2 aliphatic rings. The highest BCUT2D eigenvalue weighted by atomic mass is 32.2. The number of amides is 2. The zero-order valence-electron chi connectivity index (χ0n) is 23.1. The molecule has 5 rings (SSSR count). The van der Waals surface area contributed by atoms with Gasteiger partial charge in [0.15, 0.2) is 6.10 Å². The van der Waals surface area contributed by atoms with Crippen LogP contribution in [0.1, 0.15) is 41.6 Å². The van der Waals surface area contributed by atoms with Gasteiger partial charge < -0.3 is 19.7 Å². The van der Waals surface area contributed by atoms with Gasteiger partial charge in [-0.2, -0.15) is 4.31 Å².